The van der Waals surface area contributed by atoms with E-state index in [0.29, 0.717) is 12.1 Å². The van der Waals surface area contributed by atoms with Crippen molar-refractivity contribution in [3.05, 3.63) is 60.2 Å². The lowest BCUT2D eigenvalue weighted by Crippen LogP contribution is -2.41. The first-order chi connectivity index (χ1) is 17.6. The first-order valence-electron chi connectivity index (χ1n) is 11.6. The molecule has 3 heterocycles. The number of hydrogen-bond donors (Lipinski definition) is 2. The molecule has 0 radical (unpaired) electrons. The molecule has 2 aromatic heterocycles. The van der Waals surface area contributed by atoms with Gasteiger partial charge in [0.1, 0.15) is 17.4 Å². The van der Waals surface area contributed by atoms with Gasteiger partial charge in [0, 0.05) is 19.1 Å². The van der Waals surface area contributed by atoms with Crippen LogP contribution in [-0.2, 0) is 10.0 Å². The number of rotatable bonds is 6. The maximum absolute atomic E-state index is 13.3. The molecular formula is C25H28F3N5O4S. The molecule has 1 aliphatic rings. The third-order valence-corrected chi connectivity index (χ3v) is 7.29. The zero-order valence-corrected chi connectivity index (χ0v) is 21.6. The molecule has 0 bridgehead atoms. The van der Waals surface area contributed by atoms with E-state index in [-0.39, 0.29) is 30.2 Å². The summed E-state index contributed by atoms with van der Waals surface area (Å²) in [6.07, 6.45) is -4.08. The first kappa shape index (κ1) is 27.2. The van der Waals surface area contributed by atoms with Gasteiger partial charge in [0.15, 0.2) is 5.03 Å². The smallest absolute Gasteiger partial charge is 0.406 e. The highest BCUT2D eigenvalue weighted by molar-refractivity contribution is 7.90. The first-order valence-corrected chi connectivity index (χ1v) is 13.1. The second-order valence-electron chi connectivity index (χ2n) is 9.71. The van der Waals surface area contributed by atoms with Crippen LogP contribution in [-0.4, -0.2) is 42.7 Å². The number of anilines is 2. The van der Waals surface area contributed by atoms with Crippen LogP contribution in [0, 0.1) is 5.92 Å². The van der Waals surface area contributed by atoms with Crippen LogP contribution < -0.4 is 20.1 Å². The molecule has 1 fully saturated rings. The minimum absolute atomic E-state index is 0. The molecule has 1 aromatic carbocycles. The Hall–Kier alpha value is -3.87. The van der Waals surface area contributed by atoms with E-state index in [1.165, 1.54) is 48.5 Å². The van der Waals surface area contributed by atoms with E-state index in [0.717, 1.165) is 6.42 Å². The molecule has 1 aliphatic heterocycles. The Bertz CT molecular complexity index is 1480. The van der Waals surface area contributed by atoms with E-state index >= 15 is 0 Å². The topological polar surface area (TPSA) is 128 Å². The molecule has 3 N–H and O–H groups in total. The lowest BCUT2D eigenvalue weighted by molar-refractivity contribution is -0.274. The minimum Gasteiger partial charge on any atom is -0.406 e. The standard InChI is InChI=1S/C25H26F3N5O4S.H2/c1-15-13-24(2,3)33(14-15)22-18(23(34)32-38(35,36)21-9-5-8-20(29)31-21)10-11-19(30-22)16-6-4-7-17(12-16)37-25(26,27)28;/h4-12,15H,13-14H2,1-3H3,(H2,29,31)(H,32,34);1H/t15-;/m0./s1. The Balaban J connectivity index is 0.00000420. The van der Waals surface area contributed by atoms with Gasteiger partial charge in [-0.25, -0.2) is 14.7 Å². The zero-order valence-electron chi connectivity index (χ0n) is 20.8. The van der Waals surface area contributed by atoms with E-state index in [4.69, 9.17) is 5.73 Å². The summed E-state index contributed by atoms with van der Waals surface area (Å²) in [7, 11) is -4.36. The number of nitrogens with zero attached hydrogens (tertiary/aromatic N) is 3. The normalized spacial score (nSPS) is 17.3. The predicted molar refractivity (Wildman–Crippen MR) is 137 cm³/mol. The van der Waals surface area contributed by atoms with E-state index in [9.17, 15) is 26.4 Å². The molecule has 38 heavy (non-hydrogen) atoms. The van der Waals surface area contributed by atoms with Crippen molar-refractivity contribution in [3.8, 4) is 17.0 Å². The van der Waals surface area contributed by atoms with Crippen molar-refractivity contribution in [3.63, 3.8) is 0 Å². The zero-order chi connectivity index (χ0) is 27.9. The third-order valence-electron chi connectivity index (χ3n) is 6.06. The van der Waals surface area contributed by atoms with Gasteiger partial charge in [-0.15, -0.1) is 13.2 Å². The van der Waals surface area contributed by atoms with Crippen molar-refractivity contribution in [2.45, 2.75) is 44.1 Å². The van der Waals surface area contributed by atoms with Gasteiger partial charge in [-0.2, -0.15) is 8.42 Å². The number of nitrogens with two attached hydrogens (primary N) is 1. The summed E-state index contributed by atoms with van der Waals surface area (Å²) >= 11 is 0. The molecule has 0 unspecified atom stereocenters. The number of amides is 1. The largest absolute Gasteiger partial charge is 0.573 e. The number of hydrogen-bond acceptors (Lipinski definition) is 8. The maximum atomic E-state index is 13.3. The molecule has 0 spiro atoms. The molecule has 3 aromatic rings. The highest BCUT2D eigenvalue weighted by Crippen LogP contribution is 2.38. The maximum Gasteiger partial charge on any atom is 0.573 e. The molecular weight excluding hydrogens is 523 g/mol. The van der Waals surface area contributed by atoms with Crippen molar-refractivity contribution in [1.82, 2.24) is 14.7 Å². The highest BCUT2D eigenvalue weighted by Gasteiger charge is 2.39. The molecule has 4 rings (SSSR count). The van der Waals surface area contributed by atoms with Crippen LogP contribution in [0.15, 0.2) is 59.6 Å². The van der Waals surface area contributed by atoms with Crippen LogP contribution in [0.5, 0.6) is 5.75 Å². The quantitative estimate of drug-likeness (QED) is 0.455. The summed E-state index contributed by atoms with van der Waals surface area (Å²) in [5, 5.41) is -0.423. The van der Waals surface area contributed by atoms with Gasteiger partial charge in [0.2, 0.25) is 0 Å². The van der Waals surface area contributed by atoms with E-state index < -0.39 is 38.6 Å². The Labute approximate surface area is 219 Å². The SMILES string of the molecule is C[C@@H]1CN(c2nc(-c3cccc(OC(F)(F)F)c3)ccc2C(=O)NS(=O)(=O)c2cccc(N)n2)C(C)(C)C1.[HH]. The lowest BCUT2D eigenvalue weighted by atomic mass is 9.97. The van der Waals surface area contributed by atoms with Crippen molar-refractivity contribution in [2.75, 3.05) is 17.2 Å². The van der Waals surface area contributed by atoms with Crippen LogP contribution in [0.4, 0.5) is 24.8 Å². The predicted octanol–water partition coefficient (Wildman–Crippen LogP) is 4.61. The third kappa shape index (κ3) is 5.98. The number of carbonyl (C=O) groups is 1. The summed E-state index contributed by atoms with van der Waals surface area (Å²) < 4.78 is 69.9. The molecule has 0 aliphatic carbocycles. The van der Waals surface area contributed by atoms with Crippen molar-refractivity contribution in [1.29, 1.82) is 0 Å². The van der Waals surface area contributed by atoms with Crippen LogP contribution >= 0.6 is 0 Å². The Morgan fingerprint density at radius 2 is 1.87 bits per heavy atom. The number of carbonyl (C=O) groups excluding carboxylic acids is 1. The molecule has 13 heteroatoms. The van der Waals surface area contributed by atoms with Crippen molar-refractivity contribution >= 4 is 27.6 Å². The average molecular weight is 552 g/mol. The van der Waals surface area contributed by atoms with Gasteiger partial charge in [-0.05, 0) is 62.6 Å². The fourth-order valence-electron chi connectivity index (χ4n) is 4.61. The van der Waals surface area contributed by atoms with E-state index in [1.54, 1.807) is 6.07 Å². The Kier molecular flexibility index (Phi) is 6.99. The fraction of sp³-hybridized carbons (Fsp3) is 0.320. The summed E-state index contributed by atoms with van der Waals surface area (Å²) in [4.78, 5) is 23.6. The number of aromatic nitrogens is 2. The summed E-state index contributed by atoms with van der Waals surface area (Å²) in [5.41, 5.74) is 5.73. The molecule has 204 valence electrons. The van der Waals surface area contributed by atoms with Gasteiger partial charge in [-0.1, -0.05) is 25.1 Å². The monoisotopic (exact) mass is 551 g/mol. The second kappa shape index (κ2) is 9.78. The van der Waals surface area contributed by atoms with E-state index in [2.05, 4.69) is 14.7 Å². The molecule has 1 saturated heterocycles. The number of ether oxygens (including phenoxy) is 1. The number of pyridine rings is 2. The van der Waals surface area contributed by atoms with Crippen LogP contribution in [0.1, 0.15) is 39.0 Å². The minimum atomic E-state index is -4.86. The van der Waals surface area contributed by atoms with E-state index in [1.807, 2.05) is 30.4 Å². The summed E-state index contributed by atoms with van der Waals surface area (Å²) in [5.74, 6) is -0.942. The number of sulfonamides is 1. The average Bonchev–Trinajstić information content (AvgIpc) is 3.09. The number of benzene rings is 1. The highest BCUT2D eigenvalue weighted by atomic mass is 32.2. The van der Waals surface area contributed by atoms with Crippen molar-refractivity contribution in [2.24, 2.45) is 5.92 Å². The molecule has 1 atom stereocenters. The Morgan fingerprint density at radius 1 is 1.16 bits per heavy atom. The van der Waals surface area contributed by atoms with Gasteiger partial charge >= 0.3 is 6.36 Å². The Morgan fingerprint density at radius 3 is 2.50 bits per heavy atom. The number of alkyl halides is 3. The lowest BCUT2D eigenvalue weighted by Gasteiger charge is -2.34. The van der Waals surface area contributed by atoms with Gasteiger partial charge in [0.05, 0.1) is 11.3 Å². The number of nitrogen functional groups attached to an aromatic ring is 1. The van der Waals surface area contributed by atoms with Gasteiger partial charge < -0.3 is 15.4 Å². The van der Waals surface area contributed by atoms with Crippen LogP contribution in [0.2, 0.25) is 0 Å². The van der Waals surface area contributed by atoms with Gasteiger partial charge in [0.25, 0.3) is 15.9 Å². The van der Waals surface area contributed by atoms with Crippen LogP contribution in [0.3, 0.4) is 0 Å². The molecule has 9 nitrogen and oxygen atoms in total. The summed E-state index contributed by atoms with van der Waals surface area (Å²) in [6.45, 7) is 6.51. The molecule has 1 amide bonds. The van der Waals surface area contributed by atoms with Gasteiger partial charge in [-0.3, -0.25) is 4.79 Å². The van der Waals surface area contributed by atoms with Crippen LogP contribution in [0.25, 0.3) is 11.3 Å². The van der Waals surface area contributed by atoms with Crippen molar-refractivity contribution < 1.29 is 32.5 Å². The number of nitrogens with one attached hydrogen (secondary N) is 1. The summed E-state index contributed by atoms with van der Waals surface area (Å²) in [6, 6.07) is 12.1. The molecule has 0 saturated carbocycles. The number of halogens is 3. The second-order valence-corrected chi connectivity index (χ2v) is 11.3. The fourth-order valence-corrected chi connectivity index (χ4v) is 5.56.